The number of nitrogens with one attached hydrogen (secondary N) is 2. The maximum absolute atomic E-state index is 11.6. The summed E-state index contributed by atoms with van der Waals surface area (Å²) >= 11 is 0. The summed E-state index contributed by atoms with van der Waals surface area (Å²) in [6.07, 6.45) is 2.19. The van der Waals surface area contributed by atoms with Gasteiger partial charge in [0.05, 0.1) is 6.54 Å². The van der Waals surface area contributed by atoms with E-state index in [4.69, 9.17) is 5.73 Å². The first-order chi connectivity index (χ1) is 10.1. The Hall–Kier alpha value is -1.31. The van der Waals surface area contributed by atoms with Crippen LogP contribution in [0.15, 0.2) is 35.3 Å². The van der Waals surface area contributed by atoms with Gasteiger partial charge in [0, 0.05) is 19.0 Å². The van der Waals surface area contributed by atoms with Gasteiger partial charge in [-0.05, 0) is 25.3 Å². The van der Waals surface area contributed by atoms with Crippen molar-refractivity contribution in [1.82, 2.24) is 10.6 Å². The average Bonchev–Trinajstić information content (AvgIpc) is 2.48. The van der Waals surface area contributed by atoms with Crippen LogP contribution in [0.1, 0.15) is 32.3 Å². The van der Waals surface area contributed by atoms with E-state index in [-0.39, 0.29) is 35.9 Å². The molecular weight excluding hydrogens is 391 g/mol. The highest BCUT2D eigenvalue weighted by atomic mass is 127. The molecule has 0 fully saturated rings. The van der Waals surface area contributed by atoms with Gasteiger partial charge < -0.3 is 16.4 Å². The smallest absolute Gasteiger partial charge is 0.222 e. The van der Waals surface area contributed by atoms with Gasteiger partial charge in [0.1, 0.15) is 0 Å². The van der Waals surface area contributed by atoms with Crippen molar-refractivity contribution >= 4 is 35.8 Å². The van der Waals surface area contributed by atoms with Crippen molar-refractivity contribution in [3.63, 3.8) is 0 Å². The van der Waals surface area contributed by atoms with Crippen LogP contribution in [0, 0.1) is 0 Å². The van der Waals surface area contributed by atoms with Crippen molar-refractivity contribution in [3.8, 4) is 0 Å². The molecule has 1 amide bonds. The molecule has 1 atom stereocenters. The van der Waals surface area contributed by atoms with Crippen LogP contribution in [-0.4, -0.2) is 31.0 Å². The van der Waals surface area contributed by atoms with Crippen LogP contribution < -0.4 is 16.4 Å². The standard InChI is InChI=1S/C16H26N4O.HI/c1-3-13(2)20-15(21)10-12-19-16(17)18-11-9-14-7-5-4-6-8-14;/h4-8,13H,3,9-12H2,1-2H3,(H,20,21)(H3,17,18,19);1H. The van der Waals surface area contributed by atoms with Crippen molar-refractivity contribution in [2.75, 3.05) is 13.1 Å². The summed E-state index contributed by atoms with van der Waals surface area (Å²) in [5, 5.41) is 5.95. The number of carbonyl (C=O) groups is 1. The molecule has 0 heterocycles. The SMILES string of the molecule is CCC(C)NC(=O)CCN=C(N)NCCc1ccccc1.I. The third kappa shape index (κ3) is 9.59. The highest BCUT2D eigenvalue weighted by Crippen LogP contribution is 1.97. The minimum Gasteiger partial charge on any atom is -0.370 e. The zero-order valence-corrected chi connectivity index (χ0v) is 15.7. The van der Waals surface area contributed by atoms with Gasteiger partial charge in [-0.2, -0.15) is 0 Å². The molecular formula is C16H27IN4O. The van der Waals surface area contributed by atoms with Gasteiger partial charge in [0.2, 0.25) is 5.91 Å². The first-order valence-electron chi connectivity index (χ1n) is 7.49. The van der Waals surface area contributed by atoms with Crippen molar-refractivity contribution in [1.29, 1.82) is 0 Å². The van der Waals surface area contributed by atoms with Crippen LogP contribution in [-0.2, 0) is 11.2 Å². The van der Waals surface area contributed by atoms with E-state index in [1.165, 1.54) is 5.56 Å². The second-order valence-electron chi connectivity index (χ2n) is 5.06. The van der Waals surface area contributed by atoms with E-state index >= 15 is 0 Å². The zero-order chi connectivity index (χ0) is 15.5. The third-order valence-electron chi connectivity index (χ3n) is 3.20. The number of halogens is 1. The van der Waals surface area contributed by atoms with Gasteiger partial charge in [-0.25, -0.2) is 0 Å². The lowest BCUT2D eigenvalue weighted by molar-refractivity contribution is -0.121. The molecule has 0 spiro atoms. The first kappa shape index (κ1) is 20.7. The number of nitrogens with two attached hydrogens (primary N) is 1. The predicted molar refractivity (Wildman–Crippen MR) is 103 cm³/mol. The number of nitrogens with zero attached hydrogens (tertiary/aromatic N) is 1. The Labute approximate surface area is 150 Å². The summed E-state index contributed by atoms with van der Waals surface area (Å²) < 4.78 is 0. The Bertz CT molecular complexity index is 451. The van der Waals surface area contributed by atoms with E-state index in [9.17, 15) is 4.79 Å². The molecule has 0 aromatic heterocycles. The van der Waals surface area contributed by atoms with Crippen molar-refractivity contribution in [3.05, 3.63) is 35.9 Å². The molecule has 5 nitrogen and oxygen atoms in total. The van der Waals surface area contributed by atoms with E-state index in [1.54, 1.807) is 0 Å². The minimum absolute atomic E-state index is 0. The largest absolute Gasteiger partial charge is 0.370 e. The number of hydrogen-bond acceptors (Lipinski definition) is 2. The number of aliphatic imine (C=N–C) groups is 1. The molecule has 0 radical (unpaired) electrons. The van der Waals surface area contributed by atoms with Crippen LogP contribution in [0.2, 0.25) is 0 Å². The summed E-state index contributed by atoms with van der Waals surface area (Å²) in [4.78, 5) is 15.7. The number of benzene rings is 1. The second-order valence-corrected chi connectivity index (χ2v) is 5.06. The summed E-state index contributed by atoms with van der Waals surface area (Å²) in [5.74, 6) is 0.410. The van der Waals surface area contributed by atoms with Gasteiger partial charge >= 0.3 is 0 Å². The minimum atomic E-state index is 0. The van der Waals surface area contributed by atoms with E-state index in [2.05, 4.69) is 27.8 Å². The molecule has 0 aliphatic heterocycles. The number of rotatable bonds is 8. The van der Waals surface area contributed by atoms with Crippen LogP contribution in [0.3, 0.4) is 0 Å². The molecule has 0 bridgehead atoms. The molecule has 1 unspecified atom stereocenters. The lowest BCUT2D eigenvalue weighted by Crippen LogP contribution is -2.34. The number of guanidine groups is 1. The molecule has 0 saturated heterocycles. The van der Waals surface area contributed by atoms with Gasteiger partial charge in [-0.1, -0.05) is 37.3 Å². The van der Waals surface area contributed by atoms with Gasteiger partial charge in [-0.3, -0.25) is 9.79 Å². The fraction of sp³-hybridized carbons (Fsp3) is 0.500. The van der Waals surface area contributed by atoms with E-state index in [0.717, 1.165) is 19.4 Å². The van der Waals surface area contributed by atoms with Crippen LogP contribution in [0.4, 0.5) is 0 Å². The lowest BCUT2D eigenvalue weighted by Gasteiger charge is -2.10. The summed E-state index contributed by atoms with van der Waals surface area (Å²) in [7, 11) is 0. The Morgan fingerprint density at radius 2 is 2.00 bits per heavy atom. The molecule has 22 heavy (non-hydrogen) atoms. The Balaban J connectivity index is 0.00000441. The Kier molecular flexibility index (Phi) is 11.5. The van der Waals surface area contributed by atoms with Gasteiger partial charge in [0.25, 0.3) is 0 Å². The molecule has 1 aromatic rings. The quantitative estimate of drug-likeness (QED) is 0.344. The molecule has 0 aliphatic carbocycles. The highest BCUT2D eigenvalue weighted by Gasteiger charge is 2.04. The average molecular weight is 418 g/mol. The van der Waals surface area contributed by atoms with Crippen molar-refractivity contribution < 1.29 is 4.79 Å². The molecule has 0 aliphatic rings. The van der Waals surface area contributed by atoms with Crippen LogP contribution in [0.5, 0.6) is 0 Å². The number of amides is 1. The zero-order valence-electron chi connectivity index (χ0n) is 13.3. The van der Waals surface area contributed by atoms with Crippen LogP contribution >= 0.6 is 24.0 Å². The lowest BCUT2D eigenvalue weighted by atomic mass is 10.1. The molecule has 1 aromatic carbocycles. The molecule has 124 valence electrons. The normalized spacial score (nSPS) is 12.2. The topological polar surface area (TPSA) is 79.5 Å². The molecule has 1 rings (SSSR count). The number of carbonyl (C=O) groups excluding carboxylic acids is 1. The molecule has 0 saturated carbocycles. The predicted octanol–water partition coefficient (Wildman–Crippen LogP) is 2.06. The fourth-order valence-corrected chi connectivity index (χ4v) is 1.76. The Morgan fingerprint density at radius 1 is 1.32 bits per heavy atom. The third-order valence-corrected chi connectivity index (χ3v) is 3.20. The highest BCUT2D eigenvalue weighted by molar-refractivity contribution is 14.0. The van der Waals surface area contributed by atoms with E-state index in [1.807, 2.05) is 32.0 Å². The van der Waals surface area contributed by atoms with E-state index < -0.39 is 0 Å². The van der Waals surface area contributed by atoms with Gasteiger partial charge in [0.15, 0.2) is 5.96 Å². The number of hydrogen-bond donors (Lipinski definition) is 3. The fourth-order valence-electron chi connectivity index (χ4n) is 1.76. The molecule has 4 N–H and O–H groups in total. The van der Waals surface area contributed by atoms with Crippen molar-refractivity contribution in [2.45, 2.75) is 39.2 Å². The van der Waals surface area contributed by atoms with Crippen LogP contribution in [0.25, 0.3) is 0 Å². The molecule has 6 heteroatoms. The van der Waals surface area contributed by atoms with Crippen molar-refractivity contribution in [2.24, 2.45) is 10.7 Å². The summed E-state index contributed by atoms with van der Waals surface area (Å²) in [6.45, 7) is 5.17. The van der Waals surface area contributed by atoms with Gasteiger partial charge in [-0.15, -0.1) is 24.0 Å². The summed E-state index contributed by atoms with van der Waals surface area (Å²) in [5.41, 5.74) is 7.01. The Morgan fingerprint density at radius 3 is 2.64 bits per heavy atom. The first-order valence-corrected chi connectivity index (χ1v) is 7.49. The summed E-state index contributed by atoms with van der Waals surface area (Å²) in [6, 6.07) is 10.4. The monoisotopic (exact) mass is 418 g/mol. The maximum Gasteiger partial charge on any atom is 0.222 e. The maximum atomic E-state index is 11.6. The van der Waals surface area contributed by atoms with E-state index in [0.29, 0.717) is 18.9 Å². The second kappa shape index (κ2) is 12.3.